The van der Waals surface area contributed by atoms with E-state index in [4.69, 9.17) is 0 Å². The maximum absolute atomic E-state index is 13.3. The highest BCUT2D eigenvalue weighted by molar-refractivity contribution is 5.98. The summed E-state index contributed by atoms with van der Waals surface area (Å²) in [6, 6.07) is 12.9. The molecular weight excluding hydrogens is 295 g/mol. The van der Waals surface area contributed by atoms with Crippen LogP contribution in [-0.2, 0) is 4.79 Å². The molecule has 23 heavy (non-hydrogen) atoms. The van der Waals surface area contributed by atoms with Crippen molar-refractivity contribution < 1.29 is 14.0 Å². The number of pyridine rings is 1. The van der Waals surface area contributed by atoms with Crippen molar-refractivity contribution in [2.75, 3.05) is 5.32 Å². The fraction of sp³-hybridized carbons (Fsp3) is 0.0556. The third kappa shape index (κ3) is 3.08. The van der Waals surface area contributed by atoms with Gasteiger partial charge in [-0.1, -0.05) is 12.1 Å². The van der Waals surface area contributed by atoms with E-state index in [0.717, 1.165) is 5.56 Å². The first-order chi connectivity index (χ1) is 11.1. The van der Waals surface area contributed by atoms with Gasteiger partial charge in [-0.05, 0) is 36.4 Å². The molecule has 2 aromatic carbocycles. The number of carbonyl (C=O) groups is 2. The van der Waals surface area contributed by atoms with Crippen molar-refractivity contribution in [3.05, 3.63) is 59.9 Å². The first kappa shape index (κ1) is 14.8. The second-order valence-electron chi connectivity index (χ2n) is 5.13. The van der Waals surface area contributed by atoms with Crippen LogP contribution in [0, 0.1) is 5.82 Å². The van der Waals surface area contributed by atoms with Gasteiger partial charge in [0.2, 0.25) is 5.91 Å². The molecular formula is C18H13FN2O2. The van der Waals surface area contributed by atoms with Gasteiger partial charge >= 0.3 is 0 Å². The fourth-order valence-corrected chi connectivity index (χ4v) is 2.40. The van der Waals surface area contributed by atoms with Crippen LogP contribution in [0.2, 0.25) is 0 Å². The lowest BCUT2D eigenvalue weighted by atomic mass is 10.0. The normalized spacial score (nSPS) is 10.5. The van der Waals surface area contributed by atoms with E-state index in [2.05, 4.69) is 10.3 Å². The molecule has 0 aliphatic heterocycles. The number of rotatable bonds is 3. The van der Waals surface area contributed by atoms with Crippen LogP contribution in [0.15, 0.2) is 48.5 Å². The third-order valence-electron chi connectivity index (χ3n) is 3.43. The number of hydrogen-bond acceptors (Lipinski definition) is 3. The molecule has 0 saturated carbocycles. The molecule has 5 heteroatoms. The molecule has 3 aromatic rings. The zero-order valence-corrected chi connectivity index (χ0v) is 12.3. The number of carbonyl (C=O) groups excluding carboxylic acids is 2. The average molecular weight is 308 g/mol. The van der Waals surface area contributed by atoms with Crippen LogP contribution in [0.1, 0.15) is 17.3 Å². The van der Waals surface area contributed by atoms with Gasteiger partial charge in [0.05, 0.1) is 11.2 Å². The van der Waals surface area contributed by atoms with E-state index < -0.39 is 5.82 Å². The molecule has 0 aliphatic rings. The largest absolute Gasteiger partial charge is 0.326 e. The van der Waals surface area contributed by atoms with E-state index >= 15 is 0 Å². The summed E-state index contributed by atoms with van der Waals surface area (Å²) in [5, 5.41) is 3.17. The Morgan fingerprint density at radius 2 is 1.87 bits per heavy atom. The average Bonchev–Trinajstić information content (AvgIpc) is 2.54. The number of aldehydes is 1. The number of benzene rings is 2. The van der Waals surface area contributed by atoms with Gasteiger partial charge in [0.15, 0.2) is 6.29 Å². The van der Waals surface area contributed by atoms with Crippen LogP contribution in [0.3, 0.4) is 0 Å². The molecule has 0 unspecified atom stereocenters. The first-order valence-corrected chi connectivity index (χ1v) is 7.00. The number of nitrogens with zero attached hydrogens (tertiary/aromatic N) is 1. The van der Waals surface area contributed by atoms with E-state index in [1.54, 1.807) is 36.4 Å². The Bertz CT molecular complexity index is 905. The van der Waals surface area contributed by atoms with Crippen LogP contribution >= 0.6 is 0 Å². The molecule has 0 fully saturated rings. The summed E-state index contributed by atoms with van der Waals surface area (Å²) < 4.78 is 13.3. The Kier molecular flexibility index (Phi) is 3.85. The highest BCUT2D eigenvalue weighted by atomic mass is 19.1. The van der Waals surface area contributed by atoms with Gasteiger partial charge in [-0.3, -0.25) is 9.59 Å². The molecule has 0 atom stereocenters. The quantitative estimate of drug-likeness (QED) is 0.748. The maximum atomic E-state index is 13.3. The van der Waals surface area contributed by atoms with Crippen molar-refractivity contribution in [3.8, 4) is 11.3 Å². The molecule has 0 spiro atoms. The van der Waals surface area contributed by atoms with E-state index in [-0.39, 0.29) is 5.91 Å². The summed E-state index contributed by atoms with van der Waals surface area (Å²) in [5.41, 5.74) is 3.03. The Hall–Kier alpha value is -3.08. The van der Waals surface area contributed by atoms with Gasteiger partial charge in [-0.25, -0.2) is 9.37 Å². The van der Waals surface area contributed by atoms with Crippen molar-refractivity contribution in [2.24, 2.45) is 0 Å². The van der Waals surface area contributed by atoms with Gasteiger partial charge in [0.1, 0.15) is 5.82 Å². The molecule has 0 aliphatic carbocycles. The van der Waals surface area contributed by atoms with Crippen molar-refractivity contribution in [1.29, 1.82) is 0 Å². The van der Waals surface area contributed by atoms with Gasteiger partial charge < -0.3 is 5.32 Å². The van der Waals surface area contributed by atoms with Crippen molar-refractivity contribution in [3.63, 3.8) is 0 Å². The Labute approximate surface area is 132 Å². The minimum absolute atomic E-state index is 0.146. The molecule has 0 radical (unpaired) electrons. The fourth-order valence-electron chi connectivity index (χ4n) is 2.40. The van der Waals surface area contributed by atoms with Crippen LogP contribution < -0.4 is 5.32 Å². The lowest BCUT2D eigenvalue weighted by Crippen LogP contribution is -2.05. The third-order valence-corrected chi connectivity index (χ3v) is 3.43. The molecule has 1 aromatic heterocycles. The lowest BCUT2D eigenvalue weighted by Gasteiger charge is -2.08. The minimum Gasteiger partial charge on any atom is -0.326 e. The maximum Gasteiger partial charge on any atom is 0.221 e. The highest BCUT2D eigenvalue weighted by Gasteiger charge is 2.08. The zero-order valence-electron chi connectivity index (χ0n) is 12.3. The van der Waals surface area contributed by atoms with Gasteiger partial charge in [0.25, 0.3) is 0 Å². The zero-order chi connectivity index (χ0) is 16.4. The molecule has 1 amide bonds. The number of amides is 1. The summed E-state index contributed by atoms with van der Waals surface area (Å²) >= 11 is 0. The predicted molar refractivity (Wildman–Crippen MR) is 86.8 cm³/mol. The van der Waals surface area contributed by atoms with Crippen molar-refractivity contribution >= 4 is 28.8 Å². The number of anilines is 1. The van der Waals surface area contributed by atoms with Gasteiger partial charge in [-0.15, -0.1) is 0 Å². The summed E-state index contributed by atoms with van der Waals surface area (Å²) in [7, 11) is 0. The Morgan fingerprint density at radius 3 is 2.52 bits per heavy atom. The van der Waals surface area contributed by atoms with E-state index in [9.17, 15) is 14.0 Å². The molecule has 4 nitrogen and oxygen atoms in total. The monoisotopic (exact) mass is 308 g/mol. The van der Waals surface area contributed by atoms with Crippen LogP contribution in [0.25, 0.3) is 22.2 Å². The molecule has 0 bridgehead atoms. The van der Waals surface area contributed by atoms with E-state index in [0.29, 0.717) is 34.1 Å². The second-order valence-corrected chi connectivity index (χ2v) is 5.13. The lowest BCUT2D eigenvalue weighted by molar-refractivity contribution is -0.114. The standard InChI is InChI=1S/C18H13FN2O2/c1-11(23)20-15-5-2-12(3-6-15)18-8-13(10-22)16-9-14(19)4-7-17(16)21-18/h2-10H,1H3,(H,20,23). The number of fused-ring (bicyclic) bond motifs is 1. The molecule has 1 N–H and O–H groups in total. The summed E-state index contributed by atoms with van der Waals surface area (Å²) in [5.74, 6) is -0.554. The number of hydrogen-bond donors (Lipinski definition) is 1. The Morgan fingerprint density at radius 1 is 1.13 bits per heavy atom. The summed E-state index contributed by atoms with van der Waals surface area (Å²) in [4.78, 5) is 26.8. The number of halogens is 1. The Balaban J connectivity index is 2.07. The van der Waals surface area contributed by atoms with Crippen LogP contribution in [0.4, 0.5) is 10.1 Å². The first-order valence-electron chi connectivity index (χ1n) is 7.00. The van der Waals surface area contributed by atoms with Gasteiger partial charge in [-0.2, -0.15) is 0 Å². The molecule has 114 valence electrons. The topological polar surface area (TPSA) is 59.1 Å². The van der Waals surface area contributed by atoms with Crippen molar-refractivity contribution in [1.82, 2.24) is 4.98 Å². The van der Waals surface area contributed by atoms with Gasteiger partial charge in [0, 0.05) is 29.1 Å². The SMILES string of the molecule is CC(=O)Nc1ccc(-c2cc(C=O)c3cc(F)ccc3n2)cc1. The molecule has 1 heterocycles. The van der Waals surface area contributed by atoms with E-state index in [1.807, 2.05) is 0 Å². The highest BCUT2D eigenvalue weighted by Crippen LogP contribution is 2.25. The second kappa shape index (κ2) is 5.96. The smallest absolute Gasteiger partial charge is 0.221 e. The number of nitrogens with one attached hydrogen (secondary N) is 1. The molecule has 0 saturated heterocycles. The van der Waals surface area contributed by atoms with Crippen LogP contribution in [0.5, 0.6) is 0 Å². The molecule has 3 rings (SSSR count). The van der Waals surface area contributed by atoms with Crippen molar-refractivity contribution in [2.45, 2.75) is 6.92 Å². The predicted octanol–water partition coefficient (Wildman–Crippen LogP) is 3.81. The minimum atomic E-state index is -0.408. The van der Waals surface area contributed by atoms with E-state index in [1.165, 1.54) is 19.1 Å². The van der Waals surface area contributed by atoms with Crippen LogP contribution in [-0.4, -0.2) is 17.2 Å². The number of aromatic nitrogens is 1. The summed E-state index contributed by atoms with van der Waals surface area (Å²) in [6.45, 7) is 1.44. The summed E-state index contributed by atoms with van der Waals surface area (Å²) in [6.07, 6.45) is 0.693.